The van der Waals surface area contributed by atoms with Crippen LogP contribution in [0, 0.1) is 9.37 Å². The molecule has 0 aliphatic carbocycles. The van der Waals surface area contributed by atoms with Crippen molar-refractivity contribution in [1.82, 2.24) is 14.1 Å². The highest BCUT2D eigenvalue weighted by atomic mass is 32.2. The molecule has 176 valence electrons. The van der Waals surface area contributed by atoms with Gasteiger partial charge in [0, 0.05) is 5.41 Å². The fourth-order valence-electron chi connectivity index (χ4n) is 3.32. The van der Waals surface area contributed by atoms with E-state index in [1.165, 1.54) is 23.1 Å². The van der Waals surface area contributed by atoms with Gasteiger partial charge in [-0.05, 0) is 43.4 Å². The van der Waals surface area contributed by atoms with Gasteiger partial charge in [0.2, 0.25) is 0 Å². The molecule has 0 bridgehead atoms. The highest BCUT2D eigenvalue weighted by Gasteiger charge is 2.24. The largest absolute Gasteiger partial charge is 0.492 e. The number of para-hydroxylation sites is 3. The number of fused-ring (bicyclic) bond motifs is 1. The minimum absolute atomic E-state index is 0.0790. The molecule has 0 radical (unpaired) electrons. The maximum Gasteiger partial charge on any atom is 0.278 e. The number of aromatic nitrogens is 3. The minimum Gasteiger partial charge on any atom is -0.492 e. The van der Waals surface area contributed by atoms with Gasteiger partial charge in [-0.25, -0.2) is 4.98 Å². The Kier molecular flexibility index (Phi) is 7.06. The Bertz CT molecular complexity index is 1460. The first-order valence-electron chi connectivity index (χ1n) is 10.8. The highest BCUT2D eigenvalue weighted by Crippen LogP contribution is 2.31. The van der Waals surface area contributed by atoms with E-state index in [0.29, 0.717) is 37.5 Å². The number of benzene rings is 2. The maximum atomic E-state index is 13.7. The van der Waals surface area contributed by atoms with Crippen LogP contribution in [0.25, 0.3) is 21.7 Å². The van der Waals surface area contributed by atoms with Crippen molar-refractivity contribution in [2.24, 2.45) is 5.41 Å². The number of thiazole rings is 1. The second-order valence-electron chi connectivity index (χ2n) is 8.59. The van der Waals surface area contributed by atoms with E-state index in [0.717, 1.165) is 5.69 Å². The molecule has 0 fully saturated rings. The van der Waals surface area contributed by atoms with Gasteiger partial charge in [0.15, 0.2) is 14.8 Å². The molecule has 0 atom stereocenters. The van der Waals surface area contributed by atoms with E-state index < -0.39 is 5.41 Å². The van der Waals surface area contributed by atoms with E-state index in [4.69, 9.17) is 21.9 Å². The van der Waals surface area contributed by atoms with Crippen molar-refractivity contribution < 1.29 is 9.53 Å². The van der Waals surface area contributed by atoms with Crippen LogP contribution >= 0.6 is 35.3 Å². The number of ketones is 1. The maximum absolute atomic E-state index is 13.7. The van der Waals surface area contributed by atoms with Crippen LogP contribution in [0.15, 0.2) is 64.5 Å². The van der Waals surface area contributed by atoms with E-state index in [9.17, 15) is 9.59 Å². The van der Waals surface area contributed by atoms with Crippen LogP contribution in [-0.4, -0.2) is 32.3 Å². The first-order valence-corrected chi connectivity index (χ1v) is 13.1. The molecule has 4 rings (SSSR count). The van der Waals surface area contributed by atoms with Crippen LogP contribution in [0.4, 0.5) is 0 Å². The van der Waals surface area contributed by atoms with E-state index in [2.05, 4.69) is 0 Å². The Morgan fingerprint density at radius 3 is 2.44 bits per heavy atom. The number of hydrogen-bond donors (Lipinski definition) is 0. The summed E-state index contributed by atoms with van der Waals surface area (Å²) in [5.74, 6) is 0.941. The van der Waals surface area contributed by atoms with Crippen LogP contribution in [0.2, 0.25) is 0 Å². The standard InChI is InChI=1S/C25H25N3O3S3/c1-5-31-18-14-10-9-13-17(18)28-21-20(34-24(28)32)22(30)27(16-11-7-6-8-12-16)23(26-21)33-15-19(29)25(2,3)4/h6-14H,5,15H2,1-4H3. The minimum atomic E-state index is -0.485. The van der Waals surface area contributed by atoms with Crippen molar-refractivity contribution in [2.45, 2.75) is 32.9 Å². The summed E-state index contributed by atoms with van der Waals surface area (Å²) in [5.41, 5.74) is 1.18. The zero-order chi connectivity index (χ0) is 24.5. The SMILES string of the molecule is CCOc1ccccc1-n1c(=S)sc2c(=O)n(-c3ccccc3)c(SCC(=O)C(C)(C)C)nc21. The van der Waals surface area contributed by atoms with Crippen LogP contribution in [0.1, 0.15) is 27.7 Å². The molecule has 0 saturated heterocycles. The smallest absolute Gasteiger partial charge is 0.278 e. The van der Waals surface area contributed by atoms with Gasteiger partial charge in [-0.3, -0.25) is 18.7 Å². The molecule has 0 aliphatic rings. The van der Waals surface area contributed by atoms with Crippen LogP contribution in [0.3, 0.4) is 0 Å². The normalized spacial score (nSPS) is 11.6. The van der Waals surface area contributed by atoms with Crippen molar-refractivity contribution in [2.75, 3.05) is 12.4 Å². The highest BCUT2D eigenvalue weighted by molar-refractivity contribution is 7.99. The predicted octanol–water partition coefficient (Wildman–Crippen LogP) is 6.07. The number of ether oxygens (including phenoxy) is 1. The lowest BCUT2D eigenvalue weighted by Gasteiger charge is -2.17. The third-order valence-electron chi connectivity index (χ3n) is 5.17. The molecule has 34 heavy (non-hydrogen) atoms. The summed E-state index contributed by atoms with van der Waals surface area (Å²) in [6.45, 7) is 8.07. The molecule has 2 aromatic carbocycles. The number of Topliss-reactive ketones (excluding diaryl/α,β-unsaturated/α-hetero) is 1. The fourth-order valence-corrected chi connectivity index (χ4v) is 5.77. The van der Waals surface area contributed by atoms with Gasteiger partial charge >= 0.3 is 0 Å². The van der Waals surface area contributed by atoms with Crippen LogP contribution in [-0.2, 0) is 4.79 Å². The third-order valence-corrected chi connectivity index (χ3v) is 7.46. The molecule has 6 nitrogen and oxygen atoms in total. The fraction of sp³-hybridized carbons (Fsp3) is 0.280. The Labute approximate surface area is 211 Å². The van der Waals surface area contributed by atoms with Gasteiger partial charge in [0.25, 0.3) is 5.56 Å². The summed E-state index contributed by atoms with van der Waals surface area (Å²) < 4.78 is 10.1. The van der Waals surface area contributed by atoms with Crippen molar-refractivity contribution in [3.05, 3.63) is 68.9 Å². The molecular weight excluding hydrogens is 486 g/mol. The van der Waals surface area contributed by atoms with Crippen LogP contribution in [0.5, 0.6) is 5.75 Å². The number of thioether (sulfide) groups is 1. The van der Waals surface area contributed by atoms with E-state index in [-0.39, 0.29) is 17.1 Å². The lowest BCUT2D eigenvalue weighted by Crippen LogP contribution is -2.24. The van der Waals surface area contributed by atoms with E-state index in [1.54, 1.807) is 9.13 Å². The lowest BCUT2D eigenvalue weighted by molar-refractivity contribution is -0.123. The molecule has 0 unspecified atom stereocenters. The van der Waals surface area contributed by atoms with Gasteiger partial charge in [0.1, 0.15) is 16.2 Å². The zero-order valence-corrected chi connectivity index (χ0v) is 21.9. The Morgan fingerprint density at radius 1 is 1.09 bits per heavy atom. The molecule has 4 aromatic rings. The molecule has 0 N–H and O–H groups in total. The van der Waals surface area contributed by atoms with Crippen molar-refractivity contribution >= 4 is 51.4 Å². The molecule has 2 aromatic heterocycles. The van der Waals surface area contributed by atoms with Crippen molar-refractivity contribution in [3.63, 3.8) is 0 Å². The molecule has 0 spiro atoms. The van der Waals surface area contributed by atoms with Gasteiger partial charge in [-0.1, -0.05) is 74.2 Å². The van der Waals surface area contributed by atoms with Gasteiger partial charge in [-0.15, -0.1) is 0 Å². The summed E-state index contributed by atoms with van der Waals surface area (Å²) in [6, 6.07) is 16.9. The number of carbonyl (C=O) groups excluding carboxylic acids is 1. The van der Waals surface area contributed by atoms with E-state index >= 15 is 0 Å². The molecule has 2 heterocycles. The van der Waals surface area contributed by atoms with Gasteiger partial charge < -0.3 is 4.74 Å². The zero-order valence-electron chi connectivity index (χ0n) is 19.4. The summed E-state index contributed by atoms with van der Waals surface area (Å²) in [5, 5.41) is 0.441. The quantitative estimate of drug-likeness (QED) is 0.170. The first-order chi connectivity index (χ1) is 16.2. The topological polar surface area (TPSA) is 66.1 Å². The molecule has 0 saturated carbocycles. The monoisotopic (exact) mass is 511 g/mol. The van der Waals surface area contributed by atoms with Gasteiger partial charge in [0.05, 0.1) is 23.7 Å². The van der Waals surface area contributed by atoms with Gasteiger partial charge in [-0.2, -0.15) is 0 Å². The number of carbonyl (C=O) groups is 1. The van der Waals surface area contributed by atoms with Crippen LogP contribution < -0.4 is 10.3 Å². The number of nitrogens with zero attached hydrogens (tertiary/aromatic N) is 3. The summed E-state index contributed by atoms with van der Waals surface area (Å²) in [7, 11) is 0. The summed E-state index contributed by atoms with van der Waals surface area (Å²) >= 11 is 8.16. The lowest BCUT2D eigenvalue weighted by atomic mass is 9.92. The third kappa shape index (κ3) is 4.73. The molecule has 9 heteroatoms. The molecule has 0 amide bonds. The number of rotatable bonds is 7. The van der Waals surface area contributed by atoms with Crippen molar-refractivity contribution in [3.8, 4) is 17.1 Å². The number of hydrogen-bond acceptors (Lipinski definition) is 7. The summed E-state index contributed by atoms with van der Waals surface area (Å²) in [4.78, 5) is 31.3. The average molecular weight is 512 g/mol. The Hall–Kier alpha value is -2.75. The first kappa shape index (κ1) is 24.4. The summed E-state index contributed by atoms with van der Waals surface area (Å²) in [6.07, 6.45) is 0. The average Bonchev–Trinajstić information content (AvgIpc) is 3.14. The second kappa shape index (κ2) is 9.85. The van der Waals surface area contributed by atoms with E-state index in [1.807, 2.05) is 82.3 Å². The Balaban J connectivity index is 1.97. The predicted molar refractivity (Wildman–Crippen MR) is 142 cm³/mol. The Morgan fingerprint density at radius 2 is 1.76 bits per heavy atom. The molecule has 0 aliphatic heterocycles. The second-order valence-corrected chi connectivity index (χ2v) is 11.2. The van der Waals surface area contributed by atoms with Crippen molar-refractivity contribution in [1.29, 1.82) is 0 Å². The molecular formula is C25H25N3O3S3.